The van der Waals surface area contributed by atoms with Crippen LogP contribution in [-0.2, 0) is 9.59 Å². The van der Waals surface area contributed by atoms with E-state index in [0.29, 0.717) is 0 Å². The molecule has 1 rings (SSSR count). The predicted molar refractivity (Wildman–Crippen MR) is 50.4 cm³/mol. The molecule has 0 bridgehead atoms. The molecule has 0 amide bonds. The molecule has 1 aliphatic heterocycles. The van der Waals surface area contributed by atoms with Gasteiger partial charge in [0.1, 0.15) is 6.10 Å². The number of carbonyl (C=O) groups is 2. The van der Waals surface area contributed by atoms with E-state index in [2.05, 4.69) is 10.6 Å². The van der Waals surface area contributed by atoms with E-state index < -0.39 is 24.1 Å². The number of hydrogen-bond acceptors (Lipinski definition) is 7. The molecule has 0 aromatic rings. The van der Waals surface area contributed by atoms with Gasteiger partial charge in [-0.05, 0) is 0 Å². The Bertz CT molecular complexity index is 207. The summed E-state index contributed by atoms with van der Waals surface area (Å²) in [5.74, 6) is -3.83. The number of aliphatic carboxylic acids is 2. The monoisotopic (exact) mass is 274 g/mol. The Balaban J connectivity index is 0. The normalized spacial score (nSPS) is 17.8. The summed E-state index contributed by atoms with van der Waals surface area (Å²) in [6.07, 6.45) is -4.71. The summed E-state index contributed by atoms with van der Waals surface area (Å²) < 4.78 is 0. The zero-order valence-electron chi connectivity index (χ0n) is 9.55. The van der Waals surface area contributed by atoms with Crippen molar-refractivity contribution in [3.05, 3.63) is 0 Å². The minimum absolute atomic E-state index is 0. The Hall–Kier alpha value is 0.416. The topological polar surface area (TPSA) is 142 Å². The van der Waals surface area contributed by atoms with Crippen molar-refractivity contribution in [2.75, 3.05) is 26.2 Å². The van der Waals surface area contributed by atoms with E-state index in [1.165, 1.54) is 0 Å². The fourth-order valence-electron chi connectivity index (χ4n) is 0.868. The third kappa shape index (κ3) is 10.1. The Morgan fingerprint density at radius 2 is 1.35 bits per heavy atom. The molecule has 1 heterocycles. The molecule has 0 aromatic heterocycles. The maximum Gasteiger partial charge on any atom is 1.00 e. The second kappa shape index (κ2) is 11.5. The molecule has 17 heavy (non-hydrogen) atoms. The van der Waals surface area contributed by atoms with Gasteiger partial charge in [-0.2, -0.15) is 0 Å². The van der Waals surface area contributed by atoms with Crippen molar-refractivity contribution >= 4 is 11.9 Å². The van der Waals surface area contributed by atoms with Gasteiger partial charge in [-0.3, -0.25) is 0 Å². The van der Waals surface area contributed by atoms with Gasteiger partial charge in [0.05, 0.1) is 5.97 Å². The molecule has 1 saturated heterocycles. The summed E-state index contributed by atoms with van der Waals surface area (Å²) in [5, 5.41) is 40.6. The van der Waals surface area contributed by atoms with Gasteiger partial charge in [0, 0.05) is 26.2 Å². The summed E-state index contributed by atoms with van der Waals surface area (Å²) in [6, 6.07) is 0. The summed E-state index contributed by atoms with van der Waals surface area (Å²) in [4.78, 5) is 19.4. The van der Waals surface area contributed by atoms with Gasteiger partial charge in [0.25, 0.3) is 0 Å². The number of hydrogen-bond donors (Lipinski definition) is 5. The molecule has 5 N–H and O–H groups in total. The van der Waals surface area contributed by atoms with Crippen molar-refractivity contribution in [1.82, 2.24) is 10.6 Å². The molecule has 94 valence electrons. The minimum atomic E-state index is -2.38. The minimum Gasteiger partial charge on any atom is -0.547 e. The van der Waals surface area contributed by atoms with Gasteiger partial charge in [0.15, 0.2) is 6.10 Å². The molecule has 0 aromatic carbocycles. The number of carboxylic acid groups (broad SMARTS) is 2. The van der Waals surface area contributed by atoms with E-state index in [9.17, 15) is 14.7 Å². The van der Waals surface area contributed by atoms with Gasteiger partial charge < -0.3 is 35.9 Å². The van der Waals surface area contributed by atoms with E-state index in [-0.39, 0.29) is 51.4 Å². The standard InChI is InChI=1S/C4H10N2.C4H6O6.K/c1-2-6-4-3-5-1;5-1(3(7)8)2(6)4(9)10;/h5-6H,1-4H2;1-2,5-6H,(H,7,8)(H,9,10);/q;;+1/p-1. The quantitative estimate of drug-likeness (QED) is 0.320. The number of carboxylic acids is 2. The van der Waals surface area contributed by atoms with Crippen LogP contribution in [0.15, 0.2) is 0 Å². The van der Waals surface area contributed by atoms with Crippen molar-refractivity contribution < 1.29 is 81.4 Å². The Morgan fingerprint density at radius 1 is 1.00 bits per heavy atom. The first kappa shape index (κ1) is 19.7. The second-order valence-corrected chi connectivity index (χ2v) is 3.05. The van der Waals surface area contributed by atoms with Crippen LogP contribution >= 0.6 is 0 Å². The number of piperazine rings is 1. The zero-order chi connectivity index (χ0) is 12.6. The van der Waals surface area contributed by atoms with E-state index in [0.717, 1.165) is 26.2 Å². The van der Waals surface area contributed by atoms with Crippen molar-refractivity contribution in [3.63, 3.8) is 0 Å². The van der Waals surface area contributed by atoms with Gasteiger partial charge in [-0.15, -0.1) is 0 Å². The fraction of sp³-hybridized carbons (Fsp3) is 0.750. The third-order valence-corrected chi connectivity index (χ3v) is 1.75. The average molecular weight is 274 g/mol. The van der Waals surface area contributed by atoms with Gasteiger partial charge >= 0.3 is 57.4 Å². The summed E-state index contributed by atoms with van der Waals surface area (Å²) in [7, 11) is 0. The van der Waals surface area contributed by atoms with Crippen LogP contribution in [0.1, 0.15) is 0 Å². The van der Waals surface area contributed by atoms with Crippen LogP contribution in [0.2, 0.25) is 0 Å². The predicted octanol–water partition coefficient (Wildman–Crippen LogP) is -7.27. The number of nitrogens with one attached hydrogen (secondary N) is 2. The molecule has 0 saturated carbocycles. The number of carbonyl (C=O) groups excluding carboxylic acids is 1. The van der Waals surface area contributed by atoms with Crippen LogP contribution in [0.4, 0.5) is 0 Å². The van der Waals surface area contributed by atoms with Crippen LogP contribution in [-0.4, -0.2) is 65.6 Å². The van der Waals surface area contributed by atoms with Crippen LogP contribution in [0.5, 0.6) is 0 Å². The number of aliphatic hydroxyl groups is 2. The first-order chi connectivity index (χ1) is 7.46. The van der Waals surface area contributed by atoms with Crippen molar-refractivity contribution in [2.45, 2.75) is 12.2 Å². The molecule has 8 nitrogen and oxygen atoms in total. The largest absolute Gasteiger partial charge is 1.00 e. The van der Waals surface area contributed by atoms with Crippen LogP contribution < -0.4 is 67.1 Å². The van der Waals surface area contributed by atoms with Gasteiger partial charge in [0.2, 0.25) is 0 Å². The SMILES string of the molecule is C1CNCCN1.O=C([O-])C(O)C(O)C(=O)O.[K+]. The first-order valence-electron chi connectivity index (χ1n) is 4.68. The van der Waals surface area contributed by atoms with Gasteiger partial charge in [-0.25, -0.2) is 4.79 Å². The van der Waals surface area contributed by atoms with Crippen LogP contribution in [0.3, 0.4) is 0 Å². The molecule has 0 spiro atoms. The third-order valence-electron chi connectivity index (χ3n) is 1.75. The van der Waals surface area contributed by atoms with E-state index in [1.54, 1.807) is 0 Å². The molecular weight excluding hydrogens is 259 g/mol. The second-order valence-electron chi connectivity index (χ2n) is 3.05. The van der Waals surface area contributed by atoms with Crippen molar-refractivity contribution in [1.29, 1.82) is 0 Å². The van der Waals surface area contributed by atoms with E-state index in [1.807, 2.05) is 0 Å². The van der Waals surface area contributed by atoms with Crippen molar-refractivity contribution in [2.24, 2.45) is 0 Å². The molecule has 2 atom stereocenters. The average Bonchev–Trinajstić information content (AvgIpc) is 2.30. The Morgan fingerprint density at radius 3 is 1.47 bits per heavy atom. The van der Waals surface area contributed by atoms with E-state index >= 15 is 0 Å². The Kier molecular flexibility index (Phi) is 13.4. The smallest absolute Gasteiger partial charge is 0.547 e. The van der Waals surface area contributed by atoms with Crippen molar-refractivity contribution in [3.8, 4) is 0 Å². The molecule has 9 heteroatoms. The summed E-state index contributed by atoms with van der Waals surface area (Å²) in [5.41, 5.74) is 0. The maximum atomic E-state index is 9.74. The molecular formula is C8H15KN2O6. The zero-order valence-corrected chi connectivity index (χ0v) is 12.7. The first-order valence-corrected chi connectivity index (χ1v) is 4.68. The van der Waals surface area contributed by atoms with Gasteiger partial charge in [-0.1, -0.05) is 0 Å². The molecule has 1 fully saturated rings. The maximum absolute atomic E-state index is 9.74. The molecule has 0 aliphatic carbocycles. The Labute approximate surface area is 141 Å². The summed E-state index contributed by atoms with van der Waals surface area (Å²) in [6.45, 7) is 4.56. The van der Waals surface area contributed by atoms with E-state index in [4.69, 9.17) is 15.3 Å². The molecule has 1 aliphatic rings. The summed E-state index contributed by atoms with van der Waals surface area (Å²) >= 11 is 0. The van der Waals surface area contributed by atoms with Crippen LogP contribution in [0, 0.1) is 0 Å². The van der Waals surface area contributed by atoms with Crippen LogP contribution in [0.25, 0.3) is 0 Å². The molecule has 2 unspecified atom stereocenters. The number of rotatable bonds is 3. The number of aliphatic hydroxyl groups excluding tert-OH is 2. The molecule has 0 radical (unpaired) electrons. The fourth-order valence-corrected chi connectivity index (χ4v) is 0.868.